The Morgan fingerprint density at radius 3 is 1.85 bits per heavy atom. The van der Waals surface area contributed by atoms with Crippen LogP contribution in [0, 0.1) is 11.6 Å². The summed E-state index contributed by atoms with van der Waals surface area (Å²) in [6.07, 6.45) is 8.86. The lowest BCUT2D eigenvalue weighted by atomic mass is 9.97. The number of halogens is 2. The first-order chi connectivity index (χ1) is 23.2. The van der Waals surface area contributed by atoms with Crippen LogP contribution in [-0.4, -0.2) is 82.2 Å². The number of likely N-dealkylation sites (tertiary alicyclic amines) is 1. The van der Waals surface area contributed by atoms with Crippen molar-refractivity contribution in [2.24, 2.45) is 0 Å². The maximum Gasteiger partial charge on any atom is 0.326 e. The number of piperidine rings is 3. The molecule has 13 heteroatoms. The van der Waals surface area contributed by atoms with E-state index in [1.54, 1.807) is 11.0 Å². The molecule has 7 rings (SSSR count). The SMILES string of the molecule is C[C@@H]1CCC[C@H](C)N1CCNC(=O)[C@@H]1CCCCN1c1nc2cc(F)ccc2o1.O=C(O)[C@@H]1CCCCN1c1nc2cc(F)ccc2o1. The maximum atomic E-state index is 13.5. The smallest absolute Gasteiger partial charge is 0.326 e. The standard InChI is InChI=1S/C22H31FN4O2.C13H13FN2O3/c1-15-6-5-7-16(2)26(15)13-11-24-21(28)19-8-3-4-12-27(19)22-25-18-14-17(23)9-10-20(18)29-22;14-8-4-5-11-9(7-8)15-13(19-11)16-6-2-1-3-10(16)12(17)18/h9-10,14-16,19H,3-8,11-13H2,1-2H3,(H,24,28);4-5,7,10H,1-3,6H2,(H,17,18)/t15-,16+,19-;10-/m00/s1. The van der Waals surface area contributed by atoms with Crippen molar-refractivity contribution in [2.45, 2.75) is 95.8 Å². The van der Waals surface area contributed by atoms with Gasteiger partial charge in [0.15, 0.2) is 11.2 Å². The summed E-state index contributed by atoms with van der Waals surface area (Å²) in [7, 11) is 0. The second-order valence-electron chi connectivity index (χ2n) is 13.1. The molecular weight excluding hydrogens is 622 g/mol. The average Bonchev–Trinajstić information content (AvgIpc) is 3.70. The molecule has 2 N–H and O–H groups in total. The molecule has 3 aliphatic heterocycles. The van der Waals surface area contributed by atoms with E-state index in [4.69, 9.17) is 8.83 Å². The molecule has 4 atom stereocenters. The zero-order valence-electron chi connectivity index (χ0n) is 27.5. The Morgan fingerprint density at radius 1 is 0.792 bits per heavy atom. The minimum Gasteiger partial charge on any atom is -0.480 e. The van der Waals surface area contributed by atoms with E-state index in [0.29, 0.717) is 66.4 Å². The molecule has 3 aliphatic rings. The molecule has 1 amide bonds. The molecule has 48 heavy (non-hydrogen) atoms. The van der Waals surface area contributed by atoms with Gasteiger partial charge in [0.25, 0.3) is 12.0 Å². The van der Waals surface area contributed by atoms with Crippen molar-refractivity contribution in [1.82, 2.24) is 20.2 Å². The van der Waals surface area contributed by atoms with Crippen molar-refractivity contribution in [1.29, 1.82) is 0 Å². The van der Waals surface area contributed by atoms with Gasteiger partial charge in [-0.25, -0.2) is 13.6 Å². The predicted molar refractivity (Wildman–Crippen MR) is 178 cm³/mol. The normalized spacial score (nSPS) is 23.6. The van der Waals surface area contributed by atoms with E-state index in [2.05, 4.69) is 34.0 Å². The van der Waals surface area contributed by atoms with Gasteiger partial charge >= 0.3 is 5.97 Å². The third-order valence-electron chi connectivity index (χ3n) is 9.81. The molecule has 0 radical (unpaired) electrons. The first-order valence-corrected chi connectivity index (χ1v) is 17.1. The number of amides is 1. The third kappa shape index (κ3) is 7.56. The van der Waals surface area contributed by atoms with Crippen molar-refractivity contribution in [3.05, 3.63) is 48.0 Å². The van der Waals surface area contributed by atoms with Gasteiger partial charge < -0.3 is 29.1 Å². The lowest BCUT2D eigenvalue weighted by Gasteiger charge is -2.39. The number of aromatic nitrogens is 2. The Morgan fingerprint density at radius 2 is 1.31 bits per heavy atom. The molecule has 0 aliphatic carbocycles. The number of carboxylic acid groups (broad SMARTS) is 1. The lowest BCUT2D eigenvalue weighted by Crippen LogP contribution is -2.52. The molecular formula is C35H44F2N6O5. The van der Waals surface area contributed by atoms with Crippen LogP contribution in [0.5, 0.6) is 0 Å². The van der Waals surface area contributed by atoms with Crippen molar-refractivity contribution in [3.8, 4) is 0 Å². The first kappa shape index (κ1) is 33.6. The average molecular weight is 667 g/mol. The van der Waals surface area contributed by atoms with E-state index < -0.39 is 12.0 Å². The number of carboxylic acids is 1. The van der Waals surface area contributed by atoms with E-state index in [-0.39, 0.29) is 29.6 Å². The monoisotopic (exact) mass is 666 g/mol. The highest BCUT2D eigenvalue weighted by Crippen LogP contribution is 2.30. The number of rotatable bonds is 7. The van der Waals surface area contributed by atoms with E-state index in [1.165, 1.54) is 49.6 Å². The number of nitrogens with one attached hydrogen (secondary N) is 1. The summed E-state index contributed by atoms with van der Waals surface area (Å²) in [4.78, 5) is 38.9. The molecule has 3 saturated heterocycles. The number of aliphatic carboxylic acids is 1. The number of benzene rings is 2. The van der Waals surface area contributed by atoms with Gasteiger partial charge in [0.2, 0.25) is 5.91 Å². The number of hydrogen-bond acceptors (Lipinski definition) is 9. The zero-order chi connectivity index (χ0) is 33.8. The number of nitrogens with zero attached hydrogens (tertiary/aromatic N) is 5. The maximum absolute atomic E-state index is 13.5. The van der Waals surface area contributed by atoms with Crippen LogP contribution < -0.4 is 15.1 Å². The Bertz CT molecular complexity index is 1720. The highest BCUT2D eigenvalue weighted by molar-refractivity contribution is 5.85. The summed E-state index contributed by atoms with van der Waals surface area (Å²) < 4.78 is 37.9. The summed E-state index contributed by atoms with van der Waals surface area (Å²) in [6.45, 7) is 7.38. The van der Waals surface area contributed by atoms with E-state index in [1.807, 2.05) is 4.90 Å². The molecule has 258 valence electrons. The molecule has 0 unspecified atom stereocenters. The molecule has 0 saturated carbocycles. The minimum atomic E-state index is -0.881. The van der Waals surface area contributed by atoms with Crippen molar-refractivity contribution < 1.29 is 32.3 Å². The number of oxazole rings is 2. The second-order valence-corrected chi connectivity index (χ2v) is 13.1. The number of carbonyl (C=O) groups is 2. The summed E-state index contributed by atoms with van der Waals surface area (Å²) in [6, 6.07) is 9.28. The quantitative estimate of drug-likeness (QED) is 0.238. The molecule has 0 bridgehead atoms. The van der Waals surface area contributed by atoms with Crippen LogP contribution >= 0.6 is 0 Å². The predicted octanol–water partition coefficient (Wildman–Crippen LogP) is 6.12. The molecule has 4 aromatic rings. The summed E-state index contributed by atoms with van der Waals surface area (Å²) in [5.41, 5.74) is 1.90. The highest BCUT2D eigenvalue weighted by atomic mass is 19.1. The van der Waals surface area contributed by atoms with Gasteiger partial charge in [-0.15, -0.1) is 0 Å². The van der Waals surface area contributed by atoms with Crippen LogP contribution in [0.3, 0.4) is 0 Å². The van der Waals surface area contributed by atoms with Crippen LogP contribution in [-0.2, 0) is 9.59 Å². The molecule has 11 nitrogen and oxygen atoms in total. The van der Waals surface area contributed by atoms with Crippen molar-refractivity contribution in [3.63, 3.8) is 0 Å². The van der Waals surface area contributed by atoms with Gasteiger partial charge in [0.05, 0.1) is 0 Å². The van der Waals surface area contributed by atoms with Crippen LogP contribution in [0.2, 0.25) is 0 Å². The van der Waals surface area contributed by atoms with Gasteiger partial charge in [-0.2, -0.15) is 9.97 Å². The minimum absolute atomic E-state index is 0.0236. The van der Waals surface area contributed by atoms with Crippen molar-refractivity contribution in [2.75, 3.05) is 36.0 Å². The Balaban J connectivity index is 0.000000182. The molecule has 2 aromatic carbocycles. The highest BCUT2D eigenvalue weighted by Gasteiger charge is 2.33. The lowest BCUT2D eigenvalue weighted by molar-refractivity contribution is -0.139. The number of fused-ring (bicyclic) bond motifs is 2. The molecule has 3 fully saturated rings. The number of hydrogen-bond donors (Lipinski definition) is 2. The number of carbonyl (C=O) groups excluding carboxylic acids is 1. The fraction of sp³-hybridized carbons (Fsp3) is 0.543. The third-order valence-corrected chi connectivity index (χ3v) is 9.81. The molecule has 5 heterocycles. The summed E-state index contributed by atoms with van der Waals surface area (Å²) in [5, 5.41) is 12.3. The summed E-state index contributed by atoms with van der Waals surface area (Å²) in [5.74, 6) is -1.59. The van der Waals surface area contributed by atoms with Gasteiger partial charge in [-0.05, 0) is 89.5 Å². The Kier molecular flexibility index (Phi) is 10.4. The van der Waals surface area contributed by atoms with Gasteiger partial charge in [-0.3, -0.25) is 9.69 Å². The summed E-state index contributed by atoms with van der Waals surface area (Å²) >= 11 is 0. The van der Waals surface area contributed by atoms with Crippen molar-refractivity contribution >= 4 is 46.1 Å². The fourth-order valence-electron chi connectivity index (χ4n) is 7.21. The Labute approximate surface area is 278 Å². The van der Waals surface area contributed by atoms with E-state index in [0.717, 1.165) is 38.6 Å². The van der Waals surface area contributed by atoms with Crippen LogP contribution in [0.25, 0.3) is 22.2 Å². The first-order valence-electron chi connectivity index (χ1n) is 17.1. The second kappa shape index (κ2) is 14.9. The van der Waals surface area contributed by atoms with Crippen LogP contribution in [0.1, 0.15) is 71.6 Å². The number of anilines is 2. The van der Waals surface area contributed by atoms with Crippen LogP contribution in [0.15, 0.2) is 45.2 Å². The van der Waals surface area contributed by atoms with Crippen LogP contribution in [0.4, 0.5) is 20.8 Å². The Hall–Kier alpha value is -4.26. The topological polar surface area (TPSA) is 128 Å². The molecule has 2 aromatic heterocycles. The van der Waals surface area contributed by atoms with Gasteiger partial charge in [0, 0.05) is 50.4 Å². The fourth-order valence-corrected chi connectivity index (χ4v) is 7.21. The van der Waals surface area contributed by atoms with E-state index in [9.17, 15) is 23.5 Å². The largest absolute Gasteiger partial charge is 0.480 e. The van der Waals surface area contributed by atoms with Gasteiger partial charge in [0.1, 0.15) is 34.8 Å². The van der Waals surface area contributed by atoms with Gasteiger partial charge in [-0.1, -0.05) is 6.42 Å². The molecule has 0 spiro atoms. The zero-order valence-corrected chi connectivity index (χ0v) is 27.5. The van der Waals surface area contributed by atoms with E-state index >= 15 is 0 Å².